The number of nitrogens with one attached hydrogen (secondary N) is 1. The standard InChI is InChI=1S/C16H26N4O/c1-11(2)9-17-15(21)14-10-18-16(19-13(14)4)20-7-5-12(3)6-8-20/h10-12H,5-9H2,1-4H3,(H,17,21). The predicted octanol–water partition coefficient (Wildman–Crippen LogP) is 2.41. The normalized spacial score (nSPS) is 16.3. The molecule has 1 fully saturated rings. The molecule has 0 aromatic carbocycles. The summed E-state index contributed by atoms with van der Waals surface area (Å²) < 4.78 is 0. The second-order valence-corrected chi connectivity index (χ2v) is 6.44. The Labute approximate surface area is 127 Å². The maximum Gasteiger partial charge on any atom is 0.254 e. The van der Waals surface area contributed by atoms with Crippen LogP contribution in [-0.4, -0.2) is 35.5 Å². The summed E-state index contributed by atoms with van der Waals surface area (Å²) in [5, 5.41) is 2.91. The van der Waals surface area contributed by atoms with Crippen molar-refractivity contribution in [3.63, 3.8) is 0 Å². The number of carbonyl (C=O) groups is 1. The Bertz CT molecular complexity index is 493. The number of hydrogen-bond acceptors (Lipinski definition) is 4. The molecule has 1 aromatic heterocycles. The van der Waals surface area contributed by atoms with E-state index in [1.165, 1.54) is 12.8 Å². The number of hydrogen-bond donors (Lipinski definition) is 1. The molecule has 0 saturated carbocycles. The minimum atomic E-state index is -0.0833. The summed E-state index contributed by atoms with van der Waals surface area (Å²) in [6.45, 7) is 11.0. The van der Waals surface area contributed by atoms with E-state index < -0.39 is 0 Å². The number of aromatic nitrogens is 2. The van der Waals surface area contributed by atoms with E-state index in [-0.39, 0.29) is 5.91 Å². The predicted molar refractivity (Wildman–Crippen MR) is 84.6 cm³/mol. The number of nitrogens with zero attached hydrogens (tertiary/aromatic N) is 3. The smallest absolute Gasteiger partial charge is 0.254 e. The molecule has 5 nitrogen and oxygen atoms in total. The van der Waals surface area contributed by atoms with Crippen LogP contribution in [0.2, 0.25) is 0 Å². The van der Waals surface area contributed by atoms with Crippen LogP contribution in [0.15, 0.2) is 6.20 Å². The van der Waals surface area contributed by atoms with Gasteiger partial charge in [0, 0.05) is 25.8 Å². The number of amides is 1. The molecule has 1 saturated heterocycles. The topological polar surface area (TPSA) is 58.1 Å². The fourth-order valence-electron chi connectivity index (χ4n) is 2.43. The van der Waals surface area contributed by atoms with Crippen LogP contribution in [0.5, 0.6) is 0 Å². The van der Waals surface area contributed by atoms with Gasteiger partial charge in [0.25, 0.3) is 5.91 Å². The Morgan fingerprint density at radius 2 is 2.10 bits per heavy atom. The fraction of sp³-hybridized carbons (Fsp3) is 0.688. The van der Waals surface area contributed by atoms with Gasteiger partial charge >= 0.3 is 0 Å². The molecule has 1 amide bonds. The highest BCUT2D eigenvalue weighted by atomic mass is 16.1. The third-order valence-corrected chi connectivity index (χ3v) is 3.95. The van der Waals surface area contributed by atoms with Crippen molar-refractivity contribution in [2.75, 3.05) is 24.5 Å². The van der Waals surface area contributed by atoms with Gasteiger partial charge in [-0.3, -0.25) is 4.79 Å². The van der Waals surface area contributed by atoms with E-state index in [1.54, 1.807) is 6.20 Å². The molecular formula is C16H26N4O. The highest BCUT2D eigenvalue weighted by Crippen LogP contribution is 2.20. The maximum absolute atomic E-state index is 12.1. The average Bonchev–Trinajstić information content (AvgIpc) is 2.45. The van der Waals surface area contributed by atoms with Crippen LogP contribution in [0, 0.1) is 18.8 Å². The summed E-state index contributed by atoms with van der Waals surface area (Å²) in [5.74, 6) is 1.88. The molecule has 0 spiro atoms. The van der Waals surface area contributed by atoms with Crippen LogP contribution < -0.4 is 10.2 Å². The number of piperidine rings is 1. The molecule has 116 valence electrons. The first-order chi connectivity index (χ1) is 9.97. The first-order valence-corrected chi connectivity index (χ1v) is 7.84. The monoisotopic (exact) mass is 290 g/mol. The van der Waals surface area contributed by atoms with E-state index in [0.29, 0.717) is 18.0 Å². The highest BCUT2D eigenvalue weighted by molar-refractivity contribution is 5.94. The molecule has 1 aliphatic heterocycles. The van der Waals surface area contributed by atoms with Crippen molar-refractivity contribution < 1.29 is 4.79 Å². The van der Waals surface area contributed by atoms with Crippen LogP contribution in [0.1, 0.15) is 49.7 Å². The van der Waals surface area contributed by atoms with E-state index in [4.69, 9.17) is 0 Å². The third-order valence-electron chi connectivity index (χ3n) is 3.95. The Kier molecular flexibility index (Phi) is 5.15. The summed E-state index contributed by atoms with van der Waals surface area (Å²) in [6, 6.07) is 0. The quantitative estimate of drug-likeness (QED) is 0.925. The van der Waals surface area contributed by atoms with Gasteiger partial charge in [0.2, 0.25) is 5.95 Å². The molecule has 2 rings (SSSR count). The van der Waals surface area contributed by atoms with Crippen molar-refractivity contribution in [1.29, 1.82) is 0 Å². The number of rotatable bonds is 4. The van der Waals surface area contributed by atoms with Crippen LogP contribution in [0.4, 0.5) is 5.95 Å². The lowest BCUT2D eigenvalue weighted by atomic mass is 10.00. The van der Waals surface area contributed by atoms with Crippen molar-refractivity contribution in [2.24, 2.45) is 11.8 Å². The van der Waals surface area contributed by atoms with Gasteiger partial charge < -0.3 is 10.2 Å². The zero-order valence-corrected chi connectivity index (χ0v) is 13.5. The van der Waals surface area contributed by atoms with Crippen LogP contribution in [0.25, 0.3) is 0 Å². The lowest BCUT2D eigenvalue weighted by Crippen LogP contribution is -2.34. The van der Waals surface area contributed by atoms with Gasteiger partial charge in [-0.25, -0.2) is 9.97 Å². The Morgan fingerprint density at radius 3 is 2.67 bits per heavy atom. The van der Waals surface area contributed by atoms with Gasteiger partial charge in [0.1, 0.15) is 0 Å². The van der Waals surface area contributed by atoms with E-state index >= 15 is 0 Å². The molecule has 1 N–H and O–H groups in total. The molecule has 5 heteroatoms. The Hall–Kier alpha value is -1.65. The van der Waals surface area contributed by atoms with Crippen molar-refractivity contribution in [1.82, 2.24) is 15.3 Å². The molecule has 0 bridgehead atoms. The van der Waals surface area contributed by atoms with Crippen molar-refractivity contribution >= 4 is 11.9 Å². The second-order valence-electron chi connectivity index (χ2n) is 6.44. The summed E-state index contributed by atoms with van der Waals surface area (Å²) >= 11 is 0. The summed E-state index contributed by atoms with van der Waals surface area (Å²) in [4.78, 5) is 23.2. The molecule has 0 atom stereocenters. The van der Waals surface area contributed by atoms with Crippen molar-refractivity contribution in [3.05, 3.63) is 17.5 Å². The number of carbonyl (C=O) groups excluding carboxylic acids is 1. The minimum Gasteiger partial charge on any atom is -0.352 e. The molecule has 21 heavy (non-hydrogen) atoms. The minimum absolute atomic E-state index is 0.0833. The van der Waals surface area contributed by atoms with Crippen LogP contribution in [0.3, 0.4) is 0 Å². The second kappa shape index (κ2) is 6.87. The molecular weight excluding hydrogens is 264 g/mol. The van der Waals surface area contributed by atoms with Crippen LogP contribution >= 0.6 is 0 Å². The Balaban J connectivity index is 2.05. The van der Waals surface area contributed by atoms with Gasteiger partial charge in [0.15, 0.2) is 0 Å². The van der Waals surface area contributed by atoms with E-state index in [1.807, 2.05) is 6.92 Å². The van der Waals surface area contributed by atoms with Gasteiger partial charge in [-0.2, -0.15) is 0 Å². The van der Waals surface area contributed by atoms with E-state index in [2.05, 4.69) is 41.0 Å². The van der Waals surface area contributed by atoms with Gasteiger partial charge in [-0.15, -0.1) is 0 Å². The fourth-order valence-corrected chi connectivity index (χ4v) is 2.43. The molecule has 0 radical (unpaired) electrons. The van der Waals surface area contributed by atoms with Crippen molar-refractivity contribution in [3.8, 4) is 0 Å². The first kappa shape index (κ1) is 15.7. The SMILES string of the molecule is Cc1nc(N2CCC(C)CC2)ncc1C(=O)NCC(C)C. The molecule has 0 aliphatic carbocycles. The lowest BCUT2D eigenvalue weighted by molar-refractivity contribution is 0.0947. The molecule has 0 unspecified atom stereocenters. The highest BCUT2D eigenvalue weighted by Gasteiger charge is 2.19. The lowest BCUT2D eigenvalue weighted by Gasteiger charge is -2.30. The maximum atomic E-state index is 12.1. The zero-order valence-electron chi connectivity index (χ0n) is 13.5. The average molecular weight is 290 g/mol. The summed E-state index contributed by atoms with van der Waals surface area (Å²) in [5.41, 5.74) is 1.32. The summed E-state index contributed by atoms with van der Waals surface area (Å²) in [6.07, 6.45) is 4.02. The zero-order chi connectivity index (χ0) is 15.4. The van der Waals surface area contributed by atoms with Gasteiger partial charge in [-0.05, 0) is 31.6 Å². The molecule has 2 heterocycles. The third kappa shape index (κ3) is 4.16. The molecule has 1 aliphatic rings. The van der Waals surface area contributed by atoms with Crippen molar-refractivity contribution in [2.45, 2.75) is 40.5 Å². The molecule has 1 aromatic rings. The summed E-state index contributed by atoms with van der Waals surface area (Å²) in [7, 11) is 0. The first-order valence-electron chi connectivity index (χ1n) is 7.84. The number of aryl methyl sites for hydroxylation is 1. The van der Waals surface area contributed by atoms with Gasteiger partial charge in [-0.1, -0.05) is 20.8 Å². The van der Waals surface area contributed by atoms with Crippen LogP contribution in [-0.2, 0) is 0 Å². The number of anilines is 1. The Morgan fingerprint density at radius 1 is 1.43 bits per heavy atom. The largest absolute Gasteiger partial charge is 0.352 e. The van der Waals surface area contributed by atoms with E-state index in [0.717, 1.165) is 30.6 Å². The van der Waals surface area contributed by atoms with Gasteiger partial charge in [0.05, 0.1) is 11.3 Å². The van der Waals surface area contributed by atoms with E-state index in [9.17, 15) is 4.79 Å².